The summed E-state index contributed by atoms with van der Waals surface area (Å²) < 4.78 is 9.90. The van der Waals surface area contributed by atoms with Crippen LogP contribution in [0.25, 0.3) is 0 Å². The molecule has 136 valence electrons. The number of rotatable bonds is 6. The fraction of sp³-hybridized carbons (Fsp3) is 0.412. The van der Waals surface area contributed by atoms with Gasteiger partial charge in [-0.25, -0.2) is 9.59 Å². The maximum atomic E-state index is 12.3. The van der Waals surface area contributed by atoms with Crippen LogP contribution < -0.4 is 15.4 Å². The quantitative estimate of drug-likeness (QED) is 0.670. The number of aromatic hydroxyl groups is 1. The van der Waals surface area contributed by atoms with Crippen LogP contribution in [0.1, 0.15) is 37.8 Å². The predicted molar refractivity (Wildman–Crippen MR) is 92.6 cm³/mol. The van der Waals surface area contributed by atoms with Gasteiger partial charge in [-0.05, 0) is 18.9 Å². The molecule has 1 heterocycles. The average Bonchev–Trinajstić information content (AvgIpc) is 2.61. The molecular formula is C17H21ClN2O5. The van der Waals surface area contributed by atoms with Gasteiger partial charge in [0.15, 0.2) is 11.5 Å². The molecule has 2 rings (SSSR count). The number of hydrogen-bond donors (Lipinski definition) is 3. The molecule has 1 aromatic carbocycles. The molecule has 0 saturated heterocycles. The van der Waals surface area contributed by atoms with Crippen molar-refractivity contribution >= 4 is 23.6 Å². The van der Waals surface area contributed by atoms with Crippen LogP contribution in [0.4, 0.5) is 4.79 Å². The summed E-state index contributed by atoms with van der Waals surface area (Å²) in [6, 6.07) is 1.83. The summed E-state index contributed by atoms with van der Waals surface area (Å²) in [6.45, 7) is 2.01. The maximum Gasteiger partial charge on any atom is 0.337 e. The fourth-order valence-electron chi connectivity index (χ4n) is 2.70. The minimum absolute atomic E-state index is 0.00259. The second-order valence-corrected chi connectivity index (χ2v) is 5.92. The van der Waals surface area contributed by atoms with Gasteiger partial charge in [-0.1, -0.05) is 31.0 Å². The van der Waals surface area contributed by atoms with Crippen LogP contribution in [0, 0.1) is 0 Å². The van der Waals surface area contributed by atoms with E-state index in [2.05, 4.69) is 10.6 Å². The Balaban J connectivity index is 2.58. The van der Waals surface area contributed by atoms with Gasteiger partial charge < -0.3 is 25.2 Å². The number of benzene rings is 1. The topological polar surface area (TPSA) is 96.9 Å². The molecule has 2 amide bonds. The number of esters is 1. The van der Waals surface area contributed by atoms with E-state index in [0.29, 0.717) is 17.7 Å². The second kappa shape index (κ2) is 8.11. The molecule has 25 heavy (non-hydrogen) atoms. The molecule has 1 aliphatic rings. The molecule has 1 aromatic rings. The minimum atomic E-state index is -0.836. The van der Waals surface area contributed by atoms with Crippen molar-refractivity contribution in [3.63, 3.8) is 0 Å². The molecule has 0 saturated carbocycles. The first-order valence-electron chi connectivity index (χ1n) is 7.88. The highest BCUT2D eigenvalue weighted by molar-refractivity contribution is 6.33. The highest BCUT2D eigenvalue weighted by atomic mass is 35.5. The zero-order valence-electron chi connectivity index (χ0n) is 14.3. The number of hydrogen-bond acceptors (Lipinski definition) is 5. The smallest absolute Gasteiger partial charge is 0.337 e. The maximum absolute atomic E-state index is 12.3. The van der Waals surface area contributed by atoms with E-state index >= 15 is 0 Å². The van der Waals surface area contributed by atoms with Crippen molar-refractivity contribution < 1.29 is 24.2 Å². The molecule has 1 atom stereocenters. The lowest BCUT2D eigenvalue weighted by atomic mass is 9.93. The number of carbonyl (C=O) groups is 2. The van der Waals surface area contributed by atoms with Crippen molar-refractivity contribution in [3.8, 4) is 11.5 Å². The lowest BCUT2D eigenvalue weighted by Crippen LogP contribution is -2.46. The number of nitrogens with one attached hydrogen (secondary N) is 2. The number of unbranched alkanes of at least 4 members (excludes halogenated alkanes) is 1. The molecule has 1 aliphatic heterocycles. The van der Waals surface area contributed by atoms with Gasteiger partial charge in [0.05, 0.1) is 30.9 Å². The van der Waals surface area contributed by atoms with E-state index < -0.39 is 18.0 Å². The molecule has 0 radical (unpaired) electrons. The van der Waals surface area contributed by atoms with Crippen LogP contribution in [0.3, 0.4) is 0 Å². The van der Waals surface area contributed by atoms with E-state index in [1.807, 2.05) is 6.92 Å². The van der Waals surface area contributed by atoms with Gasteiger partial charge in [0, 0.05) is 11.3 Å². The van der Waals surface area contributed by atoms with Crippen LogP contribution in [0.15, 0.2) is 23.4 Å². The summed E-state index contributed by atoms with van der Waals surface area (Å²) in [5.74, 6) is -0.632. The van der Waals surface area contributed by atoms with Crippen LogP contribution >= 0.6 is 11.6 Å². The highest BCUT2D eigenvalue weighted by Crippen LogP contribution is 2.41. The van der Waals surface area contributed by atoms with Gasteiger partial charge >= 0.3 is 12.0 Å². The summed E-state index contributed by atoms with van der Waals surface area (Å²) in [4.78, 5) is 24.4. The van der Waals surface area contributed by atoms with Gasteiger partial charge in [-0.15, -0.1) is 0 Å². The number of carbonyl (C=O) groups excluding carboxylic acids is 2. The Bertz CT molecular complexity index is 717. The molecule has 0 fully saturated rings. The Labute approximate surface area is 150 Å². The molecule has 8 heteroatoms. The lowest BCUT2D eigenvalue weighted by molar-refractivity contribution is -0.136. The third-order valence-corrected chi connectivity index (χ3v) is 4.38. The molecule has 0 bridgehead atoms. The number of phenols is 1. The Morgan fingerprint density at radius 1 is 1.36 bits per heavy atom. The van der Waals surface area contributed by atoms with Crippen molar-refractivity contribution in [2.24, 2.45) is 0 Å². The SMILES string of the molecule is CCCCC1=C(C(=O)OC)C(c2ccc(OC)c(O)c2Cl)NC(=O)N1. The van der Waals surface area contributed by atoms with Gasteiger partial charge in [0.1, 0.15) is 0 Å². The van der Waals surface area contributed by atoms with E-state index in [-0.39, 0.29) is 22.1 Å². The van der Waals surface area contributed by atoms with Crippen molar-refractivity contribution in [3.05, 3.63) is 34.0 Å². The van der Waals surface area contributed by atoms with E-state index in [9.17, 15) is 14.7 Å². The number of halogens is 1. The monoisotopic (exact) mass is 368 g/mol. The average molecular weight is 369 g/mol. The molecular weight excluding hydrogens is 348 g/mol. The molecule has 1 unspecified atom stereocenters. The largest absolute Gasteiger partial charge is 0.503 e. The van der Waals surface area contributed by atoms with Gasteiger partial charge in [0.25, 0.3) is 0 Å². The number of allylic oxidation sites excluding steroid dienone is 1. The molecule has 3 N–H and O–H groups in total. The molecule has 0 spiro atoms. The number of amides is 2. The van der Waals surface area contributed by atoms with E-state index in [0.717, 1.165) is 12.8 Å². The summed E-state index contributed by atoms with van der Waals surface area (Å²) in [5, 5.41) is 15.5. The van der Waals surface area contributed by atoms with Crippen molar-refractivity contribution in [1.82, 2.24) is 10.6 Å². The molecule has 7 nitrogen and oxygen atoms in total. The summed E-state index contributed by atoms with van der Waals surface area (Å²) in [5.41, 5.74) is 1.14. The van der Waals surface area contributed by atoms with Gasteiger partial charge in [0.2, 0.25) is 0 Å². The van der Waals surface area contributed by atoms with E-state index in [1.54, 1.807) is 6.07 Å². The first-order valence-corrected chi connectivity index (χ1v) is 8.26. The molecule has 0 aromatic heterocycles. The van der Waals surface area contributed by atoms with Crippen LogP contribution in [-0.2, 0) is 9.53 Å². The number of ether oxygens (including phenoxy) is 2. The lowest BCUT2D eigenvalue weighted by Gasteiger charge is -2.30. The first-order chi connectivity index (χ1) is 11.9. The number of phenolic OH excluding ortho intramolecular Hbond substituents is 1. The van der Waals surface area contributed by atoms with Crippen molar-refractivity contribution in [2.45, 2.75) is 32.2 Å². The summed E-state index contributed by atoms with van der Waals surface area (Å²) in [6.07, 6.45) is 2.21. The molecule has 0 aliphatic carbocycles. The highest BCUT2D eigenvalue weighted by Gasteiger charge is 2.35. The van der Waals surface area contributed by atoms with E-state index in [1.165, 1.54) is 20.3 Å². The van der Waals surface area contributed by atoms with Gasteiger partial charge in [-0.3, -0.25) is 0 Å². The normalized spacial score (nSPS) is 17.0. The Kier molecular flexibility index (Phi) is 6.14. The Morgan fingerprint density at radius 3 is 2.68 bits per heavy atom. The zero-order chi connectivity index (χ0) is 18.6. The Hall–Kier alpha value is -2.41. The zero-order valence-corrected chi connectivity index (χ0v) is 15.1. The van der Waals surface area contributed by atoms with Gasteiger partial charge in [-0.2, -0.15) is 0 Å². The van der Waals surface area contributed by atoms with Crippen LogP contribution in [-0.4, -0.2) is 31.3 Å². The van der Waals surface area contributed by atoms with E-state index in [4.69, 9.17) is 21.1 Å². The third kappa shape index (κ3) is 3.82. The first kappa shape index (κ1) is 18.9. The summed E-state index contributed by atoms with van der Waals surface area (Å²) in [7, 11) is 2.67. The second-order valence-electron chi connectivity index (χ2n) is 5.54. The van der Waals surface area contributed by atoms with Crippen molar-refractivity contribution in [1.29, 1.82) is 0 Å². The summed E-state index contributed by atoms with van der Waals surface area (Å²) >= 11 is 6.25. The fourth-order valence-corrected chi connectivity index (χ4v) is 2.97. The number of methoxy groups -OCH3 is 2. The Morgan fingerprint density at radius 2 is 2.08 bits per heavy atom. The predicted octanol–water partition coefficient (Wildman–Crippen LogP) is 3.03. The minimum Gasteiger partial charge on any atom is -0.503 e. The van der Waals surface area contributed by atoms with Crippen molar-refractivity contribution in [2.75, 3.05) is 14.2 Å². The van der Waals surface area contributed by atoms with Crippen LogP contribution in [0.2, 0.25) is 5.02 Å². The third-order valence-electron chi connectivity index (χ3n) is 3.98. The van der Waals surface area contributed by atoms with Crippen LogP contribution in [0.5, 0.6) is 11.5 Å². The number of urea groups is 1. The standard InChI is InChI=1S/C17H21ClN2O5/c1-4-5-6-10-12(16(22)25-3)14(20-17(23)19-10)9-7-8-11(24-2)15(21)13(9)18/h7-8,14,21H,4-6H2,1-3H3,(H2,19,20,23).